The zero-order valence-corrected chi connectivity index (χ0v) is 15.6. The molecule has 2 aromatic rings. The van der Waals surface area contributed by atoms with Crippen LogP contribution in [0.2, 0.25) is 0 Å². The molecular weight excluding hydrogens is 362 g/mol. The van der Waals surface area contributed by atoms with E-state index < -0.39 is 23.1 Å². The molecular formula is C19H23N5O4. The van der Waals surface area contributed by atoms with Crippen molar-refractivity contribution in [3.05, 3.63) is 39.9 Å². The van der Waals surface area contributed by atoms with Gasteiger partial charge in [0.1, 0.15) is 5.69 Å². The van der Waals surface area contributed by atoms with Crippen molar-refractivity contribution in [2.24, 2.45) is 11.7 Å². The van der Waals surface area contributed by atoms with E-state index in [1.807, 2.05) is 6.92 Å². The van der Waals surface area contributed by atoms with Gasteiger partial charge in [-0.15, -0.1) is 0 Å². The summed E-state index contributed by atoms with van der Waals surface area (Å²) >= 11 is 0. The number of H-pyrrole nitrogens is 1. The number of hydrogen-bond acceptors (Lipinski definition) is 6. The molecule has 148 valence electrons. The number of aromatic hydroxyl groups is 1. The number of nitrogens with two attached hydrogens (primary N) is 1. The first-order valence-corrected chi connectivity index (χ1v) is 9.27. The molecule has 1 unspecified atom stereocenters. The summed E-state index contributed by atoms with van der Waals surface area (Å²) in [6.07, 6.45) is 6.80. The van der Waals surface area contributed by atoms with Gasteiger partial charge in [-0.25, -0.2) is 4.98 Å². The lowest BCUT2D eigenvalue weighted by Crippen LogP contribution is -2.39. The molecule has 1 aliphatic rings. The predicted molar refractivity (Wildman–Crippen MR) is 102 cm³/mol. The van der Waals surface area contributed by atoms with Crippen molar-refractivity contribution in [1.29, 1.82) is 0 Å². The van der Waals surface area contributed by atoms with Crippen LogP contribution in [0.3, 0.4) is 0 Å². The fourth-order valence-corrected chi connectivity index (χ4v) is 3.45. The van der Waals surface area contributed by atoms with E-state index >= 15 is 0 Å². The zero-order chi connectivity index (χ0) is 20.3. The molecule has 2 heterocycles. The van der Waals surface area contributed by atoms with Crippen LogP contribution < -0.4 is 16.6 Å². The van der Waals surface area contributed by atoms with E-state index in [4.69, 9.17) is 5.73 Å². The molecule has 0 radical (unpaired) electrons. The summed E-state index contributed by atoms with van der Waals surface area (Å²) in [5.41, 5.74) is 4.41. The van der Waals surface area contributed by atoms with Crippen molar-refractivity contribution in [3.8, 4) is 17.3 Å². The molecule has 1 fully saturated rings. The summed E-state index contributed by atoms with van der Waals surface area (Å²) < 4.78 is 0. The Morgan fingerprint density at radius 1 is 1.29 bits per heavy atom. The molecule has 9 heteroatoms. The molecule has 5 N–H and O–H groups in total. The third-order valence-electron chi connectivity index (χ3n) is 5.12. The number of nitrogens with zero attached hydrogens (tertiary/aromatic N) is 2. The number of amides is 2. The number of nitrogens with one attached hydrogen (secondary N) is 2. The minimum Gasteiger partial charge on any atom is -0.501 e. The SMILES string of the molecule is CC(NC(=O)c1nc(-c2ccc(C(N)=O)cn2)[nH]c(=O)c1O)C1CCCCC1. The largest absolute Gasteiger partial charge is 0.501 e. The third kappa shape index (κ3) is 4.19. The number of carbonyl (C=O) groups is 2. The van der Waals surface area contributed by atoms with Gasteiger partial charge in [0.05, 0.1) is 5.56 Å². The van der Waals surface area contributed by atoms with Crippen LogP contribution in [0.1, 0.15) is 59.9 Å². The second kappa shape index (κ2) is 8.20. The van der Waals surface area contributed by atoms with E-state index in [2.05, 4.69) is 20.3 Å². The summed E-state index contributed by atoms with van der Waals surface area (Å²) in [5, 5.41) is 12.9. The van der Waals surface area contributed by atoms with Crippen LogP contribution in [0.25, 0.3) is 11.5 Å². The van der Waals surface area contributed by atoms with Gasteiger partial charge in [-0.3, -0.25) is 19.4 Å². The summed E-state index contributed by atoms with van der Waals surface area (Å²) in [4.78, 5) is 46.3. The number of primary amides is 1. The summed E-state index contributed by atoms with van der Waals surface area (Å²) in [5.74, 6) is -1.62. The second-order valence-electron chi connectivity index (χ2n) is 7.07. The minimum absolute atomic E-state index is 0.00860. The lowest BCUT2D eigenvalue weighted by Gasteiger charge is -2.28. The first-order chi connectivity index (χ1) is 13.4. The second-order valence-corrected chi connectivity index (χ2v) is 7.07. The Hall–Kier alpha value is -3.23. The normalized spacial score (nSPS) is 15.8. The van der Waals surface area contributed by atoms with Crippen LogP contribution in [-0.2, 0) is 0 Å². The maximum Gasteiger partial charge on any atom is 0.294 e. The fraction of sp³-hybridized carbons (Fsp3) is 0.421. The number of carbonyl (C=O) groups excluding carboxylic acids is 2. The van der Waals surface area contributed by atoms with Crippen LogP contribution >= 0.6 is 0 Å². The van der Waals surface area contributed by atoms with Gasteiger partial charge in [-0.05, 0) is 37.8 Å². The quantitative estimate of drug-likeness (QED) is 0.609. The van der Waals surface area contributed by atoms with Gasteiger partial charge in [-0.1, -0.05) is 19.3 Å². The average molecular weight is 385 g/mol. The van der Waals surface area contributed by atoms with Gasteiger partial charge >= 0.3 is 0 Å². The molecule has 2 amide bonds. The number of pyridine rings is 1. The number of aromatic nitrogens is 3. The predicted octanol–water partition coefficient (Wildman–Crippen LogP) is 1.33. The van der Waals surface area contributed by atoms with Gasteiger partial charge in [0.2, 0.25) is 11.7 Å². The lowest BCUT2D eigenvalue weighted by atomic mass is 9.84. The molecule has 0 saturated heterocycles. The first kappa shape index (κ1) is 19.5. The van der Waals surface area contributed by atoms with Crippen LogP contribution in [0.4, 0.5) is 0 Å². The van der Waals surface area contributed by atoms with E-state index in [1.54, 1.807) is 0 Å². The van der Waals surface area contributed by atoms with Crippen molar-refractivity contribution in [2.45, 2.75) is 45.1 Å². The van der Waals surface area contributed by atoms with Crippen molar-refractivity contribution in [1.82, 2.24) is 20.3 Å². The van der Waals surface area contributed by atoms with Crippen molar-refractivity contribution in [2.75, 3.05) is 0 Å². The maximum atomic E-state index is 12.6. The van der Waals surface area contributed by atoms with E-state index in [1.165, 1.54) is 24.8 Å². The Balaban J connectivity index is 1.85. The highest BCUT2D eigenvalue weighted by Gasteiger charge is 2.25. The number of rotatable bonds is 5. The number of hydrogen-bond donors (Lipinski definition) is 4. The molecule has 0 spiro atoms. The monoisotopic (exact) mass is 385 g/mol. The highest BCUT2D eigenvalue weighted by Crippen LogP contribution is 2.26. The van der Waals surface area contributed by atoms with E-state index in [0.717, 1.165) is 25.7 Å². The van der Waals surface area contributed by atoms with Gasteiger partial charge in [0, 0.05) is 12.2 Å². The van der Waals surface area contributed by atoms with Gasteiger partial charge < -0.3 is 21.1 Å². The van der Waals surface area contributed by atoms with Crippen molar-refractivity contribution in [3.63, 3.8) is 0 Å². The standard InChI is InChI=1S/C19H23N5O4/c1-10(11-5-3-2-4-6-11)22-18(27)14-15(25)19(28)24-17(23-14)13-8-7-12(9-21-13)16(20)26/h7-11,25H,2-6H2,1H3,(H2,20,26)(H,22,27)(H,23,24,28). The molecule has 9 nitrogen and oxygen atoms in total. The molecule has 28 heavy (non-hydrogen) atoms. The highest BCUT2D eigenvalue weighted by atomic mass is 16.3. The minimum atomic E-state index is -0.846. The molecule has 3 rings (SSSR count). The number of aromatic amines is 1. The Morgan fingerprint density at radius 2 is 2.00 bits per heavy atom. The van der Waals surface area contributed by atoms with E-state index in [0.29, 0.717) is 5.92 Å². The van der Waals surface area contributed by atoms with Crippen molar-refractivity contribution >= 4 is 11.8 Å². The molecule has 0 aromatic carbocycles. The first-order valence-electron chi connectivity index (χ1n) is 9.27. The molecule has 2 aromatic heterocycles. The van der Waals surface area contributed by atoms with Gasteiger partial charge in [0.25, 0.3) is 11.5 Å². The smallest absolute Gasteiger partial charge is 0.294 e. The highest BCUT2D eigenvalue weighted by molar-refractivity contribution is 5.95. The van der Waals surface area contributed by atoms with E-state index in [9.17, 15) is 19.5 Å². The Kier molecular flexibility index (Phi) is 5.72. The Bertz CT molecular complexity index is 932. The molecule has 1 saturated carbocycles. The fourth-order valence-electron chi connectivity index (χ4n) is 3.45. The van der Waals surface area contributed by atoms with Crippen LogP contribution in [0, 0.1) is 5.92 Å². The lowest BCUT2D eigenvalue weighted by molar-refractivity contribution is 0.0910. The van der Waals surface area contributed by atoms with Gasteiger partial charge in [-0.2, -0.15) is 0 Å². The Labute approximate surface area is 161 Å². The van der Waals surface area contributed by atoms with Crippen LogP contribution in [0.15, 0.2) is 23.1 Å². The molecule has 1 atom stereocenters. The summed E-state index contributed by atoms with van der Waals surface area (Å²) in [6.45, 7) is 1.92. The molecule has 0 bridgehead atoms. The van der Waals surface area contributed by atoms with Crippen LogP contribution in [-0.4, -0.2) is 37.9 Å². The average Bonchev–Trinajstić information content (AvgIpc) is 2.70. The van der Waals surface area contributed by atoms with Crippen LogP contribution in [0.5, 0.6) is 5.75 Å². The molecule has 0 aliphatic heterocycles. The topological polar surface area (TPSA) is 151 Å². The molecule has 1 aliphatic carbocycles. The van der Waals surface area contributed by atoms with Gasteiger partial charge in [0.15, 0.2) is 11.5 Å². The van der Waals surface area contributed by atoms with Crippen molar-refractivity contribution < 1.29 is 14.7 Å². The Morgan fingerprint density at radius 3 is 2.61 bits per heavy atom. The zero-order valence-electron chi connectivity index (χ0n) is 15.6. The maximum absolute atomic E-state index is 12.6. The van der Waals surface area contributed by atoms with E-state index in [-0.39, 0.29) is 28.8 Å². The third-order valence-corrected chi connectivity index (χ3v) is 5.12. The summed E-state index contributed by atoms with van der Waals surface area (Å²) in [6, 6.07) is 2.79. The summed E-state index contributed by atoms with van der Waals surface area (Å²) in [7, 11) is 0.